The van der Waals surface area contributed by atoms with Gasteiger partial charge in [-0.3, -0.25) is 0 Å². The number of furan rings is 1. The minimum absolute atomic E-state index is 0.135. The van der Waals surface area contributed by atoms with Gasteiger partial charge in [-0.15, -0.1) is 0 Å². The maximum Gasteiger partial charge on any atom is 0.177 e. The molecule has 22 heavy (non-hydrogen) atoms. The molecule has 108 valence electrons. The number of hydrogen-bond donors (Lipinski definition) is 0. The van der Waals surface area contributed by atoms with Gasteiger partial charge < -0.3 is 9.15 Å². The summed E-state index contributed by atoms with van der Waals surface area (Å²) in [6.45, 7) is 0. The summed E-state index contributed by atoms with van der Waals surface area (Å²) in [5.41, 5.74) is 2.40. The second kappa shape index (κ2) is 5.79. The lowest BCUT2D eigenvalue weighted by atomic mass is 9.90. The first kappa shape index (κ1) is 14.0. The quantitative estimate of drug-likeness (QED) is 0.709. The van der Waals surface area contributed by atoms with Gasteiger partial charge in [0.25, 0.3) is 0 Å². The number of methoxy groups -OCH3 is 1. The van der Waals surface area contributed by atoms with E-state index in [1.165, 1.54) is 0 Å². The molecule has 0 saturated heterocycles. The van der Waals surface area contributed by atoms with Crippen molar-refractivity contribution in [2.45, 2.75) is 18.8 Å². The molecule has 0 bridgehead atoms. The molecule has 4 nitrogen and oxygen atoms in total. The number of fused-ring (bicyclic) bond motifs is 3. The third-order valence-corrected chi connectivity index (χ3v) is 3.86. The zero-order valence-corrected chi connectivity index (χ0v) is 12.2. The smallest absolute Gasteiger partial charge is 0.177 e. The Labute approximate surface area is 128 Å². The largest absolute Gasteiger partial charge is 0.493 e. The predicted molar refractivity (Wildman–Crippen MR) is 83.5 cm³/mol. The van der Waals surface area contributed by atoms with Crippen LogP contribution >= 0.6 is 0 Å². The molecular weight excluding hydrogens is 276 g/mol. The van der Waals surface area contributed by atoms with Crippen molar-refractivity contribution in [3.63, 3.8) is 0 Å². The highest BCUT2D eigenvalue weighted by Crippen LogP contribution is 2.40. The van der Waals surface area contributed by atoms with E-state index < -0.39 is 0 Å². The Morgan fingerprint density at radius 3 is 2.50 bits per heavy atom. The molecule has 0 amide bonds. The van der Waals surface area contributed by atoms with Crippen LogP contribution in [-0.2, 0) is 0 Å². The van der Waals surface area contributed by atoms with Crippen molar-refractivity contribution >= 4 is 21.9 Å². The van der Waals surface area contributed by atoms with E-state index in [0.717, 1.165) is 21.9 Å². The zero-order chi connectivity index (χ0) is 15.5. The lowest BCUT2D eigenvalue weighted by Crippen LogP contribution is -1.98. The topological polar surface area (TPSA) is 69.9 Å². The normalized spacial score (nSPS) is 10.7. The highest BCUT2D eigenvalue weighted by molar-refractivity contribution is 6.08. The molecule has 0 aliphatic heterocycles. The molecule has 0 fully saturated rings. The van der Waals surface area contributed by atoms with E-state index >= 15 is 0 Å². The predicted octanol–water partition coefficient (Wildman–Crippen LogP) is 4.51. The van der Waals surface area contributed by atoms with Crippen molar-refractivity contribution in [3.05, 3.63) is 42.0 Å². The van der Waals surface area contributed by atoms with E-state index in [1.807, 2.05) is 36.4 Å². The van der Waals surface area contributed by atoms with E-state index in [4.69, 9.17) is 19.7 Å². The van der Waals surface area contributed by atoms with Crippen LogP contribution in [0.25, 0.3) is 21.9 Å². The Hall–Kier alpha value is -2.98. The molecule has 1 heterocycles. The number of para-hydroxylation sites is 1. The van der Waals surface area contributed by atoms with E-state index in [9.17, 15) is 0 Å². The fourth-order valence-electron chi connectivity index (χ4n) is 2.84. The van der Waals surface area contributed by atoms with Crippen molar-refractivity contribution < 1.29 is 9.15 Å². The highest BCUT2D eigenvalue weighted by Gasteiger charge is 2.20. The van der Waals surface area contributed by atoms with Crippen LogP contribution in [0.15, 0.2) is 40.8 Å². The summed E-state index contributed by atoms with van der Waals surface area (Å²) >= 11 is 0. The Kier molecular flexibility index (Phi) is 3.68. The lowest BCUT2D eigenvalue weighted by molar-refractivity contribution is 0.412. The van der Waals surface area contributed by atoms with Gasteiger partial charge in [0.1, 0.15) is 5.58 Å². The van der Waals surface area contributed by atoms with Crippen molar-refractivity contribution in [1.29, 1.82) is 10.5 Å². The molecular formula is C18H14N2O2. The first-order valence-corrected chi connectivity index (χ1v) is 7.02. The monoisotopic (exact) mass is 290 g/mol. The number of ether oxygens (including phenoxy) is 1. The van der Waals surface area contributed by atoms with Crippen LogP contribution in [0.5, 0.6) is 5.75 Å². The van der Waals surface area contributed by atoms with Crippen molar-refractivity contribution in [1.82, 2.24) is 0 Å². The van der Waals surface area contributed by atoms with Crippen molar-refractivity contribution in [2.75, 3.05) is 7.11 Å². The SMILES string of the molecule is COc1ccc(C(CC#N)CC#N)c2c1oc1ccccc12. The number of rotatable bonds is 4. The van der Waals surface area contributed by atoms with Gasteiger partial charge in [0.2, 0.25) is 0 Å². The molecule has 4 heteroatoms. The van der Waals surface area contributed by atoms with Gasteiger partial charge in [-0.1, -0.05) is 24.3 Å². The Bertz CT molecular complexity index is 896. The van der Waals surface area contributed by atoms with E-state index in [-0.39, 0.29) is 5.92 Å². The molecule has 3 rings (SSSR count). The van der Waals surface area contributed by atoms with Crippen molar-refractivity contribution in [3.8, 4) is 17.9 Å². The minimum Gasteiger partial charge on any atom is -0.493 e. The van der Waals surface area contributed by atoms with Gasteiger partial charge in [-0.25, -0.2) is 0 Å². The average Bonchev–Trinajstić information content (AvgIpc) is 2.93. The Balaban J connectivity index is 2.35. The molecule has 0 spiro atoms. The molecule has 3 aromatic rings. The molecule has 0 atom stereocenters. The standard InChI is InChI=1S/C18H14N2O2/c1-21-16-7-6-13(12(8-10-19)9-11-20)17-14-4-2-3-5-15(14)22-18(16)17/h2-7,12H,8-9H2,1H3. The second-order valence-corrected chi connectivity index (χ2v) is 5.08. The molecule has 0 unspecified atom stereocenters. The molecule has 0 saturated carbocycles. The first-order valence-electron chi connectivity index (χ1n) is 7.02. The summed E-state index contributed by atoms with van der Waals surface area (Å²) in [5, 5.41) is 20.0. The summed E-state index contributed by atoms with van der Waals surface area (Å²) in [4.78, 5) is 0. The van der Waals surface area contributed by atoms with E-state index in [1.54, 1.807) is 7.11 Å². The molecule has 0 radical (unpaired) electrons. The fraction of sp³-hybridized carbons (Fsp3) is 0.222. The molecule has 0 aliphatic rings. The number of nitriles is 2. The molecule has 0 aliphatic carbocycles. The number of hydrogen-bond acceptors (Lipinski definition) is 4. The van der Waals surface area contributed by atoms with Gasteiger partial charge in [-0.2, -0.15) is 10.5 Å². The van der Waals surface area contributed by atoms with Crippen LogP contribution < -0.4 is 4.74 Å². The number of benzene rings is 2. The van der Waals surface area contributed by atoms with Crippen LogP contribution in [0, 0.1) is 22.7 Å². The third kappa shape index (κ3) is 2.16. The van der Waals surface area contributed by atoms with Crippen LogP contribution in [0.1, 0.15) is 24.3 Å². The summed E-state index contributed by atoms with van der Waals surface area (Å²) in [6.07, 6.45) is 0.600. The van der Waals surface area contributed by atoms with Crippen LogP contribution in [0.4, 0.5) is 0 Å². The summed E-state index contributed by atoms with van der Waals surface area (Å²) in [7, 11) is 1.60. The first-order chi connectivity index (χ1) is 10.8. The van der Waals surface area contributed by atoms with Crippen molar-refractivity contribution in [2.24, 2.45) is 0 Å². The van der Waals surface area contributed by atoms with Gasteiger partial charge >= 0.3 is 0 Å². The Morgan fingerprint density at radius 1 is 1.09 bits per heavy atom. The van der Waals surface area contributed by atoms with E-state index in [0.29, 0.717) is 24.2 Å². The van der Waals surface area contributed by atoms with Crippen LogP contribution in [-0.4, -0.2) is 7.11 Å². The molecule has 2 aromatic carbocycles. The van der Waals surface area contributed by atoms with Gasteiger partial charge in [-0.05, 0) is 17.7 Å². The highest BCUT2D eigenvalue weighted by atomic mass is 16.5. The van der Waals surface area contributed by atoms with Crippen LogP contribution in [0.3, 0.4) is 0 Å². The maximum atomic E-state index is 9.05. The van der Waals surface area contributed by atoms with Gasteiger partial charge in [0, 0.05) is 29.5 Å². The Morgan fingerprint density at radius 2 is 1.82 bits per heavy atom. The second-order valence-electron chi connectivity index (χ2n) is 5.08. The van der Waals surface area contributed by atoms with Gasteiger partial charge in [0.15, 0.2) is 11.3 Å². The van der Waals surface area contributed by atoms with Crippen LogP contribution in [0.2, 0.25) is 0 Å². The van der Waals surface area contributed by atoms with E-state index in [2.05, 4.69) is 12.1 Å². The number of nitrogens with zero attached hydrogens (tertiary/aromatic N) is 2. The fourth-order valence-corrected chi connectivity index (χ4v) is 2.84. The van der Waals surface area contributed by atoms with Gasteiger partial charge in [0.05, 0.1) is 19.2 Å². The summed E-state index contributed by atoms with van der Waals surface area (Å²) in [5.74, 6) is 0.520. The maximum absolute atomic E-state index is 9.05. The minimum atomic E-state index is -0.135. The lowest BCUT2D eigenvalue weighted by Gasteiger charge is -2.13. The summed E-state index contributed by atoms with van der Waals surface area (Å²) < 4.78 is 11.3. The third-order valence-electron chi connectivity index (χ3n) is 3.86. The average molecular weight is 290 g/mol. The summed E-state index contributed by atoms with van der Waals surface area (Å²) in [6, 6.07) is 15.9. The molecule has 0 N–H and O–H groups in total. The zero-order valence-electron chi connectivity index (χ0n) is 12.2. The molecule has 1 aromatic heterocycles.